The molecule has 0 aliphatic carbocycles. The number of rotatable bonds is 7. The number of carbonyl (C=O) groups is 2. The van der Waals surface area contributed by atoms with E-state index in [0.29, 0.717) is 13.2 Å². The number of nitrogens with zero attached hydrogens (tertiary/aromatic N) is 1. The molecular weight excluding hydrogens is 256 g/mol. The molecule has 0 atom stereocenters. The van der Waals surface area contributed by atoms with Crippen LogP contribution in [0.1, 0.15) is 4.88 Å². The van der Waals surface area contributed by atoms with Crippen LogP contribution in [0.4, 0.5) is 4.79 Å². The van der Waals surface area contributed by atoms with Crippen LogP contribution in [0.25, 0.3) is 0 Å². The maximum atomic E-state index is 11.8. The second kappa shape index (κ2) is 7.67. The van der Waals surface area contributed by atoms with Crippen LogP contribution in [0.2, 0.25) is 0 Å². The van der Waals surface area contributed by atoms with Crippen molar-refractivity contribution >= 4 is 23.3 Å². The molecule has 7 heteroatoms. The zero-order valence-corrected chi connectivity index (χ0v) is 10.9. The second-order valence-corrected chi connectivity index (χ2v) is 4.58. The van der Waals surface area contributed by atoms with Gasteiger partial charge in [-0.3, -0.25) is 4.79 Å². The van der Waals surface area contributed by atoms with Crippen molar-refractivity contribution in [2.24, 2.45) is 0 Å². The molecule has 0 aromatic carbocycles. The first-order valence-corrected chi connectivity index (χ1v) is 6.27. The molecule has 6 nitrogen and oxygen atoms in total. The summed E-state index contributed by atoms with van der Waals surface area (Å²) in [4.78, 5) is 24.7. The molecule has 2 amide bonds. The average Bonchev–Trinajstić information content (AvgIpc) is 2.84. The molecule has 0 fully saturated rings. The summed E-state index contributed by atoms with van der Waals surface area (Å²) in [5.74, 6) is -1.04. The first kappa shape index (κ1) is 14.5. The van der Waals surface area contributed by atoms with Gasteiger partial charge in [-0.25, -0.2) is 4.79 Å². The van der Waals surface area contributed by atoms with E-state index in [2.05, 4.69) is 5.32 Å². The van der Waals surface area contributed by atoms with Gasteiger partial charge >= 0.3 is 12.0 Å². The molecule has 2 N–H and O–H groups in total. The highest BCUT2D eigenvalue weighted by atomic mass is 32.1. The SMILES string of the molecule is COCCN(CC(=O)O)C(=O)NCc1cccs1. The van der Waals surface area contributed by atoms with Crippen molar-refractivity contribution in [2.45, 2.75) is 6.54 Å². The van der Waals surface area contributed by atoms with Gasteiger partial charge in [0.15, 0.2) is 0 Å². The standard InChI is InChI=1S/C11H16N2O4S/c1-17-5-4-13(8-10(14)15)11(16)12-7-9-3-2-6-18-9/h2-3,6H,4-5,7-8H2,1H3,(H,12,16)(H,14,15). The van der Waals surface area contributed by atoms with Gasteiger partial charge < -0.3 is 20.1 Å². The fraction of sp³-hybridized carbons (Fsp3) is 0.455. The summed E-state index contributed by atoms with van der Waals surface area (Å²) in [6.45, 7) is 0.623. The van der Waals surface area contributed by atoms with E-state index < -0.39 is 12.0 Å². The molecule has 1 heterocycles. The monoisotopic (exact) mass is 272 g/mol. The highest BCUT2D eigenvalue weighted by molar-refractivity contribution is 7.09. The van der Waals surface area contributed by atoms with E-state index in [9.17, 15) is 9.59 Å². The number of hydrogen-bond acceptors (Lipinski definition) is 4. The van der Waals surface area contributed by atoms with Gasteiger partial charge in [0.25, 0.3) is 0 Å². The van der Waals surface area contributed by atoms with Crippen molar-refractivity contribution in [3.05, 3.63) is 22.4 Å². The van der Waals surface area contributed by atoms with Crippen molar-refractivity contribution in [1.82, 2.24) is 10.2 Å². The molecule has 0 radical (unpaired) electrons. The zero-order chi connectivity index (χ0) is 13.4. The summed E-state index contributed by atoms with van der Waals surface area (Å²) in [6.07, 6.45) is 0. The lowest BCUT2D eigenvalue weighted by Gasteiger charge is -2.20. The van der Waals surface area contributed by atoms with Crippen molar-refractivity contribution < 1.29 is 19.4 Å². The summed E-state index contributed by atoms with van der Waals surface area (Å²) in [5, 5.41) is 13.3. The number of aliphatic carboxylic acids is 1. The number of carboxylic acid groups (broad SMARTS) is 1. The van der Waals surface area contributed by atoms with Gasteiger partial charge in [-0.05, 0) is 11.4 Å². The summed E-state index contributed by atoms with van der Waals surface area (Å²) in [7, 11) is 1.50. The van der Waals surface area contributed by atoms with E-state index in [0.717, 1.165) is 4.88 Å². The molecule has 0 saturated heterocycles. The molecule has 1 rings (SSSR count). The molecule has 0 aliphatic rings. The Kier molecular flexibility index (Phi) is 6.16. The van der Waals surface area contributed by atoms with Crippen LogP contribution in [0.15, 0.2) is 17.5 Å². The van der Waals surface area contributed by atoms with Gasteiger partial charge in [0.1, 0.15) is 6.54 Å². The Morgan fingerprint density at radius 3 is 2.89 bits per heavy atom. The van der Waals surface area contributed by atoms with Gasteiger partial charge in [0, 0.05) is 18.5 Å². The van der Waals surface area contributed by atoms with E-state index in [4.69, 9.17) is 9.84 Å². The number of amides is 2. The smallest absolute Gasteiger partial charge is 0.323 e. The Bertz CT molecular complexity index is 380. The van der Waals surface area contributed by atoms with Crippen LogP contribution in [0, 0.1) is 0 Å². The Hall–Kier alpha value is -1.60. The van der Waals surface area contributed by atoms with Crippen molar-refractivity contribution in [1.29, 1.82) is 0 Å². The van der Waals surface area contributed by atoms with Gasteiger partial charge in [-0.1, -0.05) is 6.07 Å². The molecule has 0 spiro atoms. The van der Waals surface area contributed by atoms with E-state index in [1.165, 1.54) is 23.3 Å². The van der Waals surface area contributed by atoms with Crippen LogP contribution in [0.3, 0.4) is 0 Å². The summed E-state index contributed by atoms with van der Waals surface area (Å²) < 4.78 is 4.84. The number of nitrogens with one attached hydrogen (secondary N) is 1. The summed E-state index contributed by atoms with van der Waals surface area (Å²) in [6, 6.07) is 3.40. The topological polar surface area (TPSA) is 78.9 Å². The predicted molar refractivity (Wildman–Crippen MR) is 67.6 cm³/mol. The minimum Gasteiger partial charge on any atom is -0.480 e. The number of carbonyl (C=O) groups excluding carboxylic acids is 1. The van der Waals surface area contributed by atoms with Crippen LogP contribution >= 0.6 is 11.3 Å². The Morgan fingerprint density at radius 2 is 2.33 bits per heavy atom. The number of hydrogen-bond donors (Lipinski definition) is 2. The Labute approximate surface area is 109 Å². The Morgan fingerprint density at radius 1 is 1.56 bits per heavy atom. The molecule has 0 saturated carbocycles. The van der Waals surface area contributed by atoms with Crippen molar-refractivity contribution in [3.8, 4) is 0 Å². The minimum absolute atomic E-state index is 0.249. The normalized spacial score (nSPS) is 10.1. The average molecular weight is 272 g/mol. The fourth-order valence-corrected chi connectivity index (χ4v) is 1.95. The molecule has 0 aliphatic heterocycles. The third-order valence-electron chi connectivity index (χ3n) is 2.17. The van der Waals surface area contributed by atoms with Gasteiger partial charge in [0.05, 0.1) is 13.2 Å². The van der Waals surface area contributed by atoms with Crippen molar-refractivity contribution in [2.75, 3.05) is 26.8 Å². The molecule has 1 aromatic heterocycles. The Balaban J connectivity index is 2.44. The molecule has 1 aromatic rings. The molecule has 0 bridgehead atoms. The van der Waals surface area contributed by atoms with Crippen molar-refractivity contribution in [3.63, 3.8) is 0 Å². The predicted octanol–water partition coefficient (Wildman–Crippen LogP) is 0.991. The fourth-order valence-electron chi connectivity index (χ4n) is 1.30. The molecule has 100 valence electrons. The third kappa shape index (κ3) is 5.15. The van der Waals surface area contributed by atoms with Gasteiger partial charge in [-0.15, -0.1) is 11.3 Å². The zero-order valence-electron chi connectivity index (χ0n) is 10.1. The number of ether oxygens (including phenoxy) is 1. The first-order valence-electron chi connectivity index (χ1n) is 5.39. The van der Waals surface area contributed by atoms with Gasteiger partial charge in [-0.2, -0.15) is 0 Å². The molecule has 18 heavy (non-hydrogen) atoms. The largest absolute Gasteiger partial charge is 0.480 e. The summed E-state index contributed by atoms with van der Waals surface area (Å²) in [5.41, 5.74) is 0. The first-order chi connectivity index (χ1) is 8.63. The number of methoxy groups -OCH3 is 1. The number of thiophene rings is 1. The summed E-state index contributed by atoms with van der Waals surface area (Å²) >= 11 is 1.53. The third-order valence-corrected chi connectivity index (χ3v) is 3.05. The van der Waals surface area contributed by atoms with E-state index >= 15 is 0 Å². The quantitative estimate of drug-likeness (QED) is 0.776. The lowest BCUT2D eigenvalue weighted by Crippen LogP contribution is -2.43. The highest BCUT2D eigenvalue weighted by Crippen LogP contribution is 2.07. The lowest BCUT2D eigenvalue weighted by molar-refractivity contribution is -0.137. The molecular formula is C11H16N2O4S. The maximum absolute atomic E-state index is 11.8. The highest BCUT2D eigenvalue weighted by Gasteiger charge is 2.15. The number of carboxylic acids is 1. The van der Waals surface area contributed by atoms with Crippen LogP contribution in [-0.2, 0) is 16.1 Å². The van der Waals surface area contributed by atoms with Crippen LogP contribution in [-0.4, -0.2) is 48.8 Å². The van der Waals surface area contributed by atoms with E-state index in [1.54, 1.807) is 0 Å². The molecule has 0 unspecified atom stereocenters. The van der Waals surface area contributed by atoms with Crippen LogP contribution < -0.4 is 5.32 Å². The van der Waals surface area contributed by atoms with Crippen LogP contribution in [0.5, 0.6) is 0 Å². The van der Waals surface area contributed by atoms with Gasteiger partial charge in [0.2, 0.25) is 0 Å². The maximum Gasteiger partial charge on any atom is 0.323 e. The number of urea groups is 1. The lowest BCUT2D eigenvalue weighted by atomic mass is 10.4. The van der Waals surface area contributed by atoms with E-state index in [1.807, 2.05) is 17.5 Å². The second-order valence-electron chi connectivity index (χ2n) is 3.55. The minimum atomic E-state index is -1.04. The van der Waals surface area contributed by atoms with E-state index in [-0.39, 0.29) is 13.1 Å².